The molecule has 98 valence electrons. The van der Waals surface area contributed by atoms with Gasteiger partial charge in [-0.25, -0.2) is 0 Å². The highest BCUT2D eigenvalue weighted by atomic mass is 32.2. The molecule has 0 aliphatic carbocycles. The van der Waals surface area contributed by atoms with Crippen LogP contribution in [0.1, 0.15) is 33.1 Å². The fraction of sp³-hybridized carbons (Fsp3) is 1.00. The van der Waals surface area contributed by atoms with Gasteiger partial charge in [-0.15, -0.1) is 0 Å². The largest absolute Gasteiger partial charge is 0.300 e. The summed E-state index contributed by atoms with van der Waals surface area (Å²) in [5.74, 6) is 2.79. The van der Waals surface area contributed by atoms with Crippen LogP contribution in [0.25, 0.3) is 0 Å². The van der Waals surface area contributed by atoms with Gasteiger partial charge in [-0.1, -0.05) is 0 Å². The molecule has 2 nitrogen and oxygen atoms in total. The monoisotopic (exact) mass is 254 g/mol. The summed E-state index contributed by atoms with van der Waals surface area (Å²) < 4.78 is 0. The van der Waals surface area contributed by atoms with Gasteiger partial charge in [-0.3, -0.25) is 4.90 Å². The second-order valence-electron chi connectivity index (χ2n) is 6.55. The molecule has 0 aromatic carbocycles. The highest BCUT2D eigenvalue weighted by Gasteiger charge is 2.45. The van der Waals surface area contributed by atoms with E-state index in [1.807, 2.05) is 0 Å². The van der Waals surface area contributed by atoms with Crippen molar-refractivity contribution in [3.8, 4) is 0 Å². The Kier molecular flexibility index (Phi) is 3.44. The topological polar surface area (TPSA) is 6.48 Å². The molecule has 2 atom stereocenters. The molecule has 2 unspecified atom stereocenters. The lowest BCUT2D eigenvalue weighted by atomic mass is 9.86. The van der Waals surface area contributed by atoms with Crippen molar-refractivity contribution in [2.45, 2.75) is 45.2 Å². The lowest BCUT2D eigenvalue weighted by Crippen LogP contribution is -2.37. The Balaban J connectivity index is 1.59. The zero-order chi connectivity index (χ0) is 11.9. The van der Waals surface area contributed by atoms with Gasteiger partial charge in [0.15, 0.2) is 0 Å². The van der Waals surface area contributed by atoms with Crippen LogP contribution in [0.4, 0.5) is 0 Å². The number of nitrogens with zero attached hydrogens (tertiary/aromatic N) is 2. The molecular formula is C14H26N2S. The number of rotatable bonds is 2. The lowest BCUT2D eigenvalue weighted by Gasteiger charge is -2.28. The minimum absolute atomic E-state index is 0.664. The molecule has 0 radical (unpaired) electrons. The van der Waals surface area contributed by atoms with Crippen LogP contribution < -0.4 is 0 Å². The Labute approximate surface area is 110 Å². The molecular weight excluding hydrogens is 228 g/mol. The number of hydrogen-bond donors (Lipinski definition) is 0. The molecule has 0 N–H and O–H groups in total. The van der Waals surface area contributed by atoms with E-state index in [1.54, 1.807) is 0 Å². The lowest BCUT2D eigenvalue weighted by molar-refractivity contribution is 0.198. The number of thioether (sulfide) groups is 1. The second kappa shape index (κ2) is 4.75. The molecule has 3 aliphatic heterocycles. The number of likely N-dealkylation sites (tertiary alicyclic amines) is 2. The van der Waals surface area contributed by atoms with E-state index < -0.39 is 0 Å². The van der Waals surface area contributed by atoms with E-state index in [0.717, 1.165) is 12.1 Å². The molecule has 0 bridgehead atoms. The van der Waals surface area contributed by atoms with Crippen LogP contribution in [0, 0.1) is 5.41 Å². The summed E-state index contributed by atoms with van der Waals surface area (Å²) in [7, 11) is 0. The molecule has 1 spiro atoms. The predicted octanol–water partition coefficient (Wildman–Crippen LogP) is 2.30. The average Bonchev–Trinajstić information content (AvgIpc) is 3.01. The van der Waals surface area contributed by atoms with Crippen molar-refractivity contribution in [3.63, 3.8) is 0 Å². The molecule has 3 heterocycles. The van der Waals surface area contributed by atoms with Gasteiger partial charge in [0, 0.05) is 30.9 Å². The molecule has 3 saturated heterocycles. The Morgan fingerprint density at radius 3 is 2.65 bits per heavy atom. The normalized spacial score (nSPS) is 40.1. The standard InChI is InChI=1S/C14H26N2S/c1-12(2)15-6-4-14(10-15)5-7-16(11-14)13-3-8-17-9-13/h12-13H,3-11H2,1-2H3. The summed E-state index contributed by atoms with van der Waals surface area (Å²) in [6.45, 7) is 10.2. The van der Waals surface area contributed by atoms with Crippen molar-refractivity contribution < 1.29 is 0 Å². The van der Waals surface area contributed by atoms with Gasteiger partial charge in [0.05, 0.1) is 0 Å². The predicted molar refractivity (Wildman–Crippen MR) is 75.7 cm³/mol. The quantitative estimate of drug-likeness (QED) is 0.746. The summed E-state index contributed by atoms with van der Waals surface area (Å²) in [6.07, 6.45) is 4.34. The molecule has 3 rings (SSSR count). The maximum absolute atomic E-state index is 2.81. The van der Waals surface area contributed by atoms with Gasteiger partial charge in [-0.2, -0.15) is 11.8 Å². The molecule has 0 saturated carbocycles. The first-order valence-corrected chi connectivity index (χ1v) is 8.40. The Morgan fingerprint density at radius 1 is 1.18 bits per heavy atom. The van der Waals surface area contributed by atoms with Gasteiger partial charge < -0.3 is 4.90 Å². The minimum atomic E-state index is 0.664. The average molecular weight is 254 g/mol. The molecule has 3 aliphatic rings. The van der Waals surface area contributed by atoms with Crippen LogP contribution in [-0.2, 0) is 0 Å². The fourth-order valence-corrected chi connectivity index (χ4v) is 5.09. The highest BCUT2D eigenvalue weighted by molar-refractivity contribution is 7.99. The first-order chi connectivity index (χ1) is 8.19. The van der Waals surface area contributed by atoms with E-state index in [9.17, 15) is 0 Å². The maximum atomic E-state index is 2.81. The van der Waals surface area contributed by atoms with Crippen molar-refractivity contribution in [1.29, 1.82) is 0 Å². The number of hydrogen-bond acceptors (Lipinski definition) is 3. The van der Waals surface area contributed by atoms with Gasteiger partial charge >= 0.3 is 0 Å². The molecule has 0 aromatic heterocycles. The van der Waals surface area contributed by atoms with Crippen molar-refractivity contribution in [1.82, 2.24) is 9.80 Å². The Bertz CT molecular complexity index is 275. The summed E-state index contributed by atoms with van der Waals surface area (Å²) in [5, 5.41) is 0. The van der Waals surface area contributed by atoms with Crippen LogP contribution in [0.2, 0.25) is 0 Å². The third-order valence-electron chi connectivity index (χ3n) is 5.09. The third kappa shape index (κ3) is 2.39. The van der Waals surface area contributed by atoms with Gasteiger partial charge in [0.2, 0.25) is 0 Å². The van der Waals surface area contributed by atoms with Crippen molar-refractivity contribution in [2.75, 3.05) is 37.7 Å². The van der Waals surface area contributed by atoms with Crippen LogP contribution in [0.15, 0.2) is 0 Å². The van der Waals surface area contributed by atoms with E-state index in [2.05, 4.69) is 35.4 Å². The first kappa shape index (κ1) is 12.3. The fourth-order valence-electron chi connectivity index (χ4n) is 3.84. The van der Waals surface area contributed by atoms with Crippen LogP contribution in [0.5, 0.6) is 0 Å². The zero-order valence-electron chi connectivity index (χ0n) is 11.3. The van der Waals surface area contributed by atoms with Crippen molar-refractivity contribution >= 4 is 11.8 Å². The van der Waals surface area contributed by atoms with Crippen LogP contribution >= 0.6 is 11.8 Å². The van der Waals surface area contributed by atoms with E-state index in [1.165, 1.54) is 56.9 Å². The third-order valence-corrected chi connectivity index (χ3v) is 6.23. The first-order valence-electron chi connectivity index (χ1n) is 7.24. The summed E-state index contributed by atoms with van der Waals surface area (Å²) in [5.41, 5.74) is 0.664. The summed E-state index contributed by atoms with van der Waals surface area (Å²) >= 11 is 2.15. The Hall–Kier alpha value is 0.270. The van der Waals surface area contributed by atoms with E-state index >= 15 is 0 Å². The molecule has 17 heavy (non-hydrogen) atoms. The second-order valence-corrected chi connectivity index (χ2v) is 7.70. The van der Waals surface area contributed by atoms with Gasteiger partial charge in [-0.05, 0) is 57.4 Å². The maximum Gasteiger partial charge on any atom is 0.0194 e. The van der Waals surface area contributed by atoms with E-state index in [4.69, 9.17) is 0 Å². The molecule has 3 heteroatoms. The summed E-state index contributed by atoms with van der Waals surface area (Å²) in [4.78, 5) is 5.50. The van der Waals surface area contributed by atoms with Crippen molar-refractivity contribution in [2.24, 2.45) is 5.41 Å². The minimum Gasteiger partial charge on any atom is -0.300 e. The van der Waals surface area contributed by atoms with Crippen LogP contribution in [-0.4, -0.2) is 59.6 Å². The van der Waals surface area contributed by atoms with Crippen molar-refractivity contribution in [3.05, 3.63) is 0 Å². The molecule has 0 amide bonds. The van der Waals surface area contributed by atoms with Gasteiger partial charge in [0.25, 0.3) is 0 Å². The Morgan fingerprint density at radius 2 is 2.00 bits per heavy atom. The molecule has 3 fully saturated rings. The zero-order valence-corrected chi connectivity index (χ0v) is 12.1. The highest BCUT2D eigenvalue weighted by Crippen LogP contribution is 2.42. The van der Waals surface area contributed by atoms with E-state index in [-0.39, 0.29) is 0 Å². The SMILES string of the molecule is CC(C)N1CCC2(CCN(C3CCSC3)C2)C1. The molecule has 0 aromatic rings. The smallest absolute Gasteiger partial charge is 0.0194 e. The van der Waals surface area contributed by atoms with E-state index in [0.29, 0.717) is 5.41 Å². The van der Waals surface area contributed by atoms with Gasteiger partial charge in [0.1, 0.15) is 0 Å². The summed E-state index contributed by atoms with van der Waals surface area (Å²) in [6, 6.07) is 1.65. The van der Waals surface area contributed by atoms with Crippen LogP contribution in [0.3, 0.4) is 0 Å².